The predicted molar refractivity (Wildman–Crippen MR) is 77.5 cm³/mol. The second-order valence-electron chi connectivity index (χ2n) is 4.55. The molecule has 3 heteroatoms. The number of benzene rings is 1. The third-order valence-electron chi connectivity index (χ3n) is 3.20. The highest BCUT2D eigenvalue weighted by Crippen LogP contribution is 2.23. The molecule has 0 unspecified atom stereocenters. The molecule has 2 heterocycles. The number of hydrogen-bond donors (Lipinski definition) is 0. The first-order chi connectivity index (χ1) is 9.75. The molecule has 2 aliphatic heterocycles. The lowest BCUT2D eigenvalue weighted by molar-refractivity contribution is 0.0627. The van der Waals surface area contributed by atoms with E-state index in [-0.39, 0.29) is 5.97 Å². The van der Waals surface area contributed by atoms with Crippen LogP contribution in [0, 0.1) is 6.92 Å². The molecule has 2 aliphatic rings. The molecular formula is C17H14NO2. The van der Waals surface area contributed by atoms with Crippen LogP contribution in [0.2, 0.25) is 0 Å². The second kappa shape index (κ2) is 5.21. The van der Waals surface area contributed by atoms with Gasteiger partial charge in [-0.3, -0.25) is 0 Å². The van der Waals surface area contributed by atoms with Crippen LogP contribution in [-0.2, 0) is 4.74 Å². The van der Waals surface area contributed by atoms with Gasteiger partial charge in [-0.2, -0.15) is 0 Å². The van der Waals surface area contributed by atoms with Crippen molar-refractivity contribution in [1.29, 1.82) is 0 Å². The Morgan fingerprint density at radius 3 is 2.90 bits per heavy atom. The standard InChI is InChI=1S/C17H14NO2/c1-13-7-2-3-8-14(13)17(19)20-16-10-6-12-18-11-5-4-9-15(16)18/h2-11H,1,12H2. The first-order valence-corrected chi connectivity index (χ1v) is 6.41. The molecule has 1 aromatic rings. The maximum atomic E-state index is 12.2. The van der Waals surface area contributed by atoms with Gasteiger partial charge < -0.3 is 9.64 Å². The van der Waals surface area contributed by atoms with Crippen LogP contribution in [0.4, 0.5) is 0 Å². The largest absolute Gasteiger partial charge is 0.421 e. The van der Waals surface area contributed by atoms with Gasteiger partial charge in [-0.05, 0) is 36.8 Å². The fourth-order valence-corrected chi connectivity index (χ4v) is 2.18. The maximum Gasteiger partial charge on any atom is 0.343 e. The third kappa shape index (κ3) is 2.30. The number of ether oxygens (including phenoxy) is 1. The van der Waals surface area contributed by atoms with Gasteiger partial charge in [-0.25, -0.2) is 4.79 Å². The number of fused-ring (bicyclic) bond motifs is 1. The quantitative estimate of drug-likeness (QED) is 0.768. The van der Waals surface area contributed by atoms with E-state index in [1.807, 2.05) is 47.5 Å². The van der Waals surface area contributed by atoms with Crippen LogP contribution in [0.25, 0.3) is 0 Å². The topological polar surface area (TPSA) is 29.5 Å². The fraction of sp³-hybridized carbons (Fsp3) is 0.0588. The van der Waals surface area contributed by atoms with Gasteiger partial charge in [0.15, 0.2) is 5.76 Å². The summed E-state index contributed by atoms with van der Waals surface area (Å²) in [5.41, 5.74) is 2.05. The summed E-state index contributed by atoms with van der Waals surface area (Å²) in [5.74, 6) is 0.178. The van der Waals surface area contributed by atoms with Gasteiger partial charge in [0.1, 0.15) is 0 Å². The summed E-state index contributed by atoms with van der Waals surface area (Å²) >= 11 is 0. The minimum absolute atomic E-state index is 0.382. The van der Waals surface area contributed by atoms with Gasteiger partial charge >= 0.3 is 5.97 Å². The van der Waals surface area contributed by atoms with Crippen molar-refractivity contribution in [3.8, 4) is 0 Å². The van der Waals surface area contributed by atoms with Crippen molar-refractivity contribution in [2.45, 2.75) is 0 Å². The number of carbonyl (C=O) groups is 1. The van der Waals surface area contributed by atoms with E-state index in [2.05, 4.69) is 6.92 Å². The van der Waals surface area contributed by atoms with Crippen LogP contribution < -0.4 is 0 Å². The number of rotatable bonds is 2. The maximum absolute atomic E-state index is 12.2. The summed E-state index contributed by atoms with van der Waals surface area (Å²) in [6.07, 6.45) is 11.6. The summed E-state index contributed by atoms with van der Waals surface area (Å²) in [7, 11) is 0. The van der Waals surface area contributed by atoms with Crippen LogP contribution >= 0.6 is 0 Å². The lowest BCUT2D eigenvalue weighted by atomic mass is 10.1. The van der Waals surface area contributed by atoms with Crippen LogP contribution in [0.5, 0.6) is 0 Å². The minimum Gasteiger partial charge on any atom is -0.421 e. The Labute approximate surface area is 118 Å². The smallest absolute Gasteiger partial charge is 0.343 e. The highest BCUT2D eigenvalue weighted by molar-refractivity contribution is 5.92. The van der Waals surface area contributed by atoms with Crippen molar-refractivity contribution in [3.05, 3.63) is 90.4 Å². The van der Waals surface area contributed by atoms with Crippen LogP contribution in [0.3, 0.4) is 0 Å². The van der Waals surface area contributed by atoms with Crippen molar-refractivity contribution in [2.24, 2.45) is 0 Å². The van der Waals surface area contributed by atoms with Gasteiger partial charge in [-0.15, -0.1) is 0 Å². The average Bonchev–Trinajstić information content (AvgIpc) is 2.48. The van der Waals surface area contributed by atoms with E-state index in [1.165, 1.54) is 0 Å². The monoisotopic (exact) mass is 264 g/mol. The summed E-state index contributed by atoms with van der Waals surface area (Å²) in [6.45, 7) is 4.63. The van der Waals surface area contributed by atoms with Gasteiger partial charge in [0.25, 0.3) is 0 Å². The van der Waals surface area contributed by atoms with Gasteiger partial charge in [-0.1, -0.05) is 30.4 Å². The number of hydrogen-bond acceptors (Lipinski definition) is 3. The molecule has 3 rings (SSSR count). The van der Waals surface area contributed by atoms with Crippen molar-refractivity contribution in [3.63, 3.8) is 0 Å². The fourth-order valence-electron chi connectivity index (χ4n) is 2.18. The number of carbonyl (C=O) groups excluding carboxylic acids is 1. The Hall–Kier alpha value is -2.55. The Balaban J connectivity index is 1.88. The van der Waals surface area contributed by atoms with Crippen LogP contribution in [0.1, 0.15) is 15.9 Å². The van der Waals surface area contributed by atoms with E-state index in [4.69, 9.17) is 4.74 Å². The zero-order valence-corrected chi connectivity index (χ0v) is 11.0. The van der Waals surface area contributed by atoms with Crippen LogP contribution in [-0.4, -0.2) is 17.4 Å². The van der Waals surface area contributed by atoms with E-state index in [1.54, 1.807) is 18.2 Å². The predicted octanol–water partition coefficient (Wildman–Crippen LogP) is 3.19. The van der Waals surface area contributed by atoms with Crippen molar-refractivity contribution in [2.75, 3.05) is 6.54 Å². The zero-order chi connectivity index (χ0) is 13.9. The van der Waals surface area contributed by atoms with E-state index in [0.29, 0.717) is 16.9 Å². The summed E-state index contributed by atoms with van der Waals surface area (Å²) in [6, 6.07) is 7.16. The van der Waals surface area contributed by atoms with E-state index < -0.39 is 0 Å². The van der Waals surface area contributed by atoms with Crippen molar-refractivity contribution < 1.29 is 9.53 Å². The number of nitrogens with zero attached hydrogens (tertiary/aromatic N) is 1. The molecule has 0 bridgehead atoms. The Morgan fingerprint density at radius 2 is 2.05 bits per heavy atom. The molecule has 1 radical (unpaired) electrons. The highest BCUT2D eigenvalue weighted by Gasteiger charge is 2.19. The molecule has 3 nitrogen and oxygen atoms in total. The lowest BCUT2D eigenvalue weighted by Crippen LogP contribution is -2.23. The van der Waals surface area contributed by atoms with E-state index in [9.17, 15) is 4.79 Å². The Kier molecular flexibility index (Phi) is 3.25. The first kappa shape index (κ1) is 12.5. The van der Waals surface area contributed by atoms with Crippen molar-refractivity contribution in [1.82, 2.24) is 4.90 Å². The average molecular weight is 264 g/mol. The van der Waals surface area contributed by atoms with E-state index in [0.717, 1.165) is 12.2 Å². The first-order valence-electron chi connectivity index (χ1n) is 6.41. The van der Waals surface area contributed by atoms with Gasteiger partial charge in [0, 0.05) is 12.7 Å². The molecule has 1 aromatic carbocycles. The second-order valence-corrected chi connectivity index (χ2v) is 4.55. The summed E-state index contributed by atoms with van der Waals surface area (Å²) < 4.78 is 5.51. The number of allylic oxidation sites excluding steroid dienone is 4. The van der Waals surface area contributed by atoms with E-state index >= 15 is 0 Å². The molecule has 0 saturated carbocycles. The normalized spacial score (nSPS) is 16.4. The molecule has 0 N–H and O–H groups in total. The third-order valence-corrected chi connectivity index (χ3v) is 3.20. The summed E-state index contributed by atoms with van der Waals surface area (Å²) in [5, 5.41) is 0. The summed E-state index contributed by atoms with van der Waals surface area (Å²) in [4.78, 5) is 14.2. The van der Waals surface area contributed by atoms with Crippen LogP contribution in [0.15, 0.2) is 72.3 Å². The molecule has 99 valence electrons. The lowest BCUT2D eigenvalue weighted by Gasteiger charge is -2.26. The molecule has 0 saturated heterocycles. The van der Waals surface area contributed by atoms with Crippen molar-refractivity contribution >= 4 is 5.97 Å². The molecular weight excluding hydrogens is 250 g/mol. The molecule has 20 heavy (non-hydrogen) atoms. The molecule has 0 spiro atoms. The SMILES string of the molecule is [CH2]c1ccccc1C(=O)OC1=C2C=CC=CN2CC=C1. The Morgan fingerprint density at radius 1 is 1.20 bits per heavy atom. The molecule has 0 fully saturated rings. The van der Waals surface area contributed by atoms with Gasteiger partial charge in [0.05, 0.1) is 11.3 Å². The Bertz CT molecular complexity index is 665. The molecule has 0 aliphatic carbocycles. The highest BCUT2D eigenvalue weighted by atomic mass is 16.5. The number of esters is 1. The molecule has 0 amide bonds. The van der Waals surface area contributed by atoms with Gasteiger partial charge in [0.2, 0.25) is 0 Å². The molecule has 0 atom stereocenters. The molecule has 0 aromatic heterocycles. The zero-order valence-electron chi connectivity index (χ0n) is 11.0. The minimum atomic E-state index is -0.382.